The van der Waals surface area contributed by atoms with Gasteiger partial charge in [0, 0.05) is 5.69 Å². The predicted molar refractivity (Wildman–Crippen MR) is 60.8 cm³/mol. The second-order valence-electron chi connectivity index (χ2n) is 3.53. The summed E-state index contributed by atoms with van der Waals surface area (Å²) in [6, 6.07) is 9.31. The fourth-order valence-corrected chi connectivity index (χ4v) is 1.66. The number of aryl methyl sites for hydroxylation is 2. The van der Waals surface area contributed by atoms with Crippen molar-refractivity contribution in [3.05, 3.63) is 41.7 Å². The summed E-state index contributed by atoms with van der Waals surface area (Å²) in [4.78, 5) is 14.0. The first kappa shape index (κ1) is 10.3. The lowest BCUT2D eigenvalue weighted by molar-refractivity contribution is 0.565. The van der Waals surface area contributed by atoms with Crippen LogP contribution in [0.3, 0.4) is 0 Å². The molecular weight excluding hydrogens is 202 g/mol. The fourth-order valence-electron chi connectivity index (χ4n) is 1.66. The molecule has 2 aromatic rings. The fraction of sp³-hybridized carbons (Fsp3) is 0.167. The Morgan fingerprint density at radius 1 is 1.31 bits per heavy atom. The second kappa shape index (κ2) is 4.13. The summed E-state index contributed by atoms with van der Waals surface area (Å²) in [6.45, 7) is 3.89. The van der Waals surface area contributed by atoms with Crippen molar-refractivity contribution in [1.29, 1.82) is 0 Å². The van der Waals surface area contributed by atoms with Crippen LogP contribution in [0.2, 0.25) is 0 Å². The van der Waals surface area contributed by atoms with Gasteiger partial charge >= 0.3 is 0 Å². The minimum absolute atomic E-state index is 0.573. The van der Waals surface area contributed by atoms with Crippen LogP contribution in [-0.2, 0) is 4.79 Å². The van der Waals surface area contributed by atoms with E-state index in [-0.39, 0.29) is 0 Å². The van der Waals surface area contributed by atoms with E-state index in [0.29, 0.717) is 5.69 Å². The number of hydrogen-bond acceptors (Lipinski definition) is 3. The summed E-state index contributed by atoms with van der Waals surface area (Å²) < 4.78 is 1.77. The lowest BCUT2D eigenvalue weighted by Crippen LogP contribution is -1.99. The maximum atomic E-state index is 10.3. The van der Waals surface area contributed by atoms with Crippen LogP contribution in [-0.4, -0.2) is 15.9 Å². The third-order valence-corrected chi connectivity index (χ3v) is 2.29. The van der Waals surface area contributed by atoms with Crippen LogP contribution in [0.15, 0.2) is 35.3 Å². The van der Waals surface area contributed by atoms with Crippen LogP contribution in [0, 0.1) is 13.8 Å². The molecule has 0 radical (unpaired) electrons. The van der Waals surface area contributed by atoms with Gasteiger partial charge in [0.2, 0.25) is 6.08 Å². The Balaban J connectivity index is 2.63. The third kappa shape index (κ3) is 1.78. The van der Waals surface area contributed by atoms with Gasteiger partial charge < -0.3 is 0 Å². The predicted octanol–water partition coefficient (Wildman–Crippen LogP) is 2.46. The molecule has 0 bridgehead atoms. The van der Waals surface area contributed by atoms with Gasteiger partial charge in [0.1, 0.15) is 5.69 Å². The van der Waals surface area contributed by atoms with Crippen LogP contribution in [0.4, 0.5) is 5.69 Å². The number of isocyanates is 1. The molecule has 0 atom stereocenters. The molecule has 0 unspecified atom stereocenters. The Kier molecular flexibility index (Phi) is 2.66. The van der Waals surface area contributed by atoms with Gasteiger partial charge in [-0.15, -0.1) is 0 Å². The number of rotatable bonds is 2. The molecular formula is C12H11N3O. The minimum atomic E-state index is 0.573. The third-order valence-electron chi connectivity index (χ3n) is 2.29. The van der Waals surface area contributed by atoms with Gasteiger partial charge in [-0.05, 0) is 32.0 Å². The molecule has 1 heterocycles. The van der Waals surface area contributed by atoms with Crippen molar-refractivity contribution >= 4 is 11.8 Å². The van der Waals surface area contributed by atoms with Gasteiger partial charge in [0.25, 0.3) is 0 Å². The Bertz CT molecular complexity index is 565. The molecule has 16 heavy (non-hydrogen) atoms. The van der Waals surface area contributed by atoms with Gasteiger partial charge in [-0.1, -0.05) is 12.1 Å². The van der Waals surface area contributed by atoms with E-state index in [1.807, 2.05) is 38.1 Å². The average Bonchev–Trinajstić information content (AvgIpc) is 2.59. The van der Waals surface area contributed by atoms with Gasteiger partial charge in [-0.25, -0.2) is 9.48 Å². The standard InChI is InChI=1S/C12H11N3O/c1-9-7-10(2)15(14-9)12-6-4-3-5-11(12)13-8-16/h3-7H,1-2H3. The van der Waals surface area contributed by atoms with Crippen molar-refractivity contribution in [2.24, 2.45) is 4.99 Å². The maximum Gasteiger partial charge on any atom is 0.240 e. The molecule has 0 saturated carbocycles. The molecule has 0 spiro atoms. The Morgan fingerprint density at radius 2 is 2.06 bits per heavy atom. The molecule has 0 aliphatic heterocycles. The largest absolute Gasteiger partial charge is 0.240 e. The van der Waals surface area contributed by atoms with Crippen molar-refractivity contribution in [1.82, 2.24) is 9.78 Å². The number of para-hydroxylation sites is 2. The summed E-state index contributed by atoms with van der Waals surface area (Å²) in [5, 5.41) is 4.35. The molecule has 80 valence electrons. The number of nitrogens with zero attached hydrogens (tertiary/aromatic N) is 3. The topological polar surface area (TPSA) is 47.2 Å². The number of benzene rings is 1. The highest BCUT2D eigenvalue weighted by molar-refractivity contribution is 5.61. The van der Waals surface area contributed by atoms with Crippen molar-refractivity contribution < 1.29 is 4.79 Å². The number of carbonyl (C=O) groups excluding carboxylic acids is 1. The summed E-state index contributed by atoms with van der Waals surface area (Å²) in [6.07, 6.45) is 1.55. The second-order valence-corrected chi connectivity index (χ2v) is 3.53. The van der Waals surface area contributed by atoms with E-state index < -0.39 is 0 Å². The summed E-state index contributed by atoms with van der Waals surface area (Å²) in [7, 11) is 0. The van der Waals surface area contributed by atoms with E-state index in [4.69, 9.17) is 0 Å². The molecule has 2 rings (SSSR count). The van der Waals surface area contributed by atoms with Crippen molar-refractivity contribution in [3.8, 4) is 5.69 Å². The number of hydrogen-bond donors (Lipinski definition) is 0. The van der Waals surface area contributed by atoms with Crippen LogP contribution < -0.4 is 0 Å². The summed E-state index contributed by atoms with van der Waals surface area (Å²) >= 11 is 0. The molecule has 1 aromatic carbocycles. The Hall–Kier alpha value is -2.19. The normalized spacial score (nSPS) is 9.88. The first-order chi connectivity index (χ1) is 7.72. The lowest BCUT2D eigenvalue weighted by Gasteiger charge is -2.06. The van der Waals surface area contributed by atoms with Crippen LogP contribution >= 0.6 is 0 Å². The van der Waals surface area contributed by atoms with Crippen molar-refractivity contribution in [2.75, 3.05) is 0 Å². The molecule has 0 aliphatic rings. The lowest BCUT2D eigenvalue weighted by atomic mass is 10.2. The summed E-state index contributed by atoms with van der Waals surface area (Å²) in [5.41, 5.74) is 3.30. The van der Waals surface area contributed by atoms with Crippen molar-refractivity contribution in [2.45, 2.75) is 13.8 Å². The zero-order chi connectivity index (χ0) is 11.5. The Morgan fingerprint density at radius 3 is 2.69 bits per heavy atom. The molecule has 0 saturated heterocycles. The molecule has 0 amide bonds. The summed E-state index contributed by atoms with van der Waals surface area (Å²) in [5.74, 6) is 0. The average molecular weight is 213 g/mol. The van der Waals surface area contributed by atoms with Gasteiger partial charge in [0.05, 0.1) is 11.4 Å². The van der Waals surface area contributed by atoms with Crippen LogP contribution in [0.25, 0.3) is 5.69 Å². The first-order valence-corrected chi connectivity index (χ1v) is 4.93. The smallest absolute Gasteiger partial charge is 0.236 e. The van der Waals surface area contributed by atoms with E-state index in [9.17, 15) is 4.79 Å². The zero-order valence-electron chi connectivity index (χ0n) is 9.14. The molecule has 0 aliphatic carbocycles. The minimum Gasteiger partial charge on any atom is -0.236 e. The molecule has 0 N–H and O–H groups in total. The maximum absolute atomic E-state index is 10.3. The molecule has 0 fully saturated rings. The van der Waals surface area contributed by atoms with E-state index in [1.54, 1.807) is 16.8 Å². The van der Waals surface area contributed by atoms with Gasteiger partial charge in [-0.3, -0.25) is 0 Å². The van der Waals surface area contributed by atoms with E-state index in [0.717, 1.165) is 17.1 Å². The monoisotopic (exact) mass is 213 g/mol. The van der Waals surface area contributed by atoms with E-state index in [1.165, 1.54) is 0 Å². The highest BCUT2D eigenvalue weighted by atomic mass is 16.1. The highest BCUT2D eigenvalue weighted by Crippen LogP contribution is 2.23. The van der Waals surface area contributed by atoms with Gasteiger partial charge in [-0.2, -0.15) is 10.1 Å². The molecule has 4 nitrogen and oxygen atoms in total. The van der Waals surface area contributed by atoms with E-state index in [2.05, 4.69) is 10.1 Å². The highest BCUT2D eigenvalue weighted by Gasteiger charge is 2.07. The SMILES string of the molecule is Cc1cc(C)n(-c2ccccc2N=C=O)n1. The Labute approximate surface area is 93.2 Å². The zero-order valence-corrected chi connectivity index (χ0v) is 9.14. The number of aromatic nitrogens is 2. The first-order valence-electron chi connectivity index (χ1n) is 4.93. The molecule has 1 aromatic heterocycles. The van der Waals surface area contributed by atoms with Gasteiger partial charge in [0.15, 0.2) is 0 Å². The quantitative estimate of drug-likeness (QED) is 0.568. The number of aliphatic imine (C=N–C) groups is 1. The van der Waals surface area contributed by atoms with E-state index >= 15 is 0 Å². The molecule has 4 heteroatoms. The van der Waals surface area contributed by atoms with Crippen LogP contribution in [0.5, 0.6) is 0 Å². The van der Waals surface area contributed by atoms with Crippen LogP contribution in [0.1, 0.15) is 11.4 Å². The van der Waals surface area contributed by atoms with Crippen molar-refractivity contribution in [3.63, 3.8) is 0 Å².